The second-order valence-electron chi connectivity index (χ2n) is 6.25. The van der Waals surface area contributed by atoms with Gasteiger partial charge >= 0.3 is 5.97 Å². The molecule has 1 aliphatic rings. The number of rotatable bonds is 7. The maximum atomic E-state index is 12.8. The number of esters is 1. The Bertz CT molecular complexity index is 633. The number of methoxy groups -OCH3 is 2. The monoisotopic (exact) mass is 363 g/mol. The van der Waals surface area contributed by atoms with E-state index in [2.05, 4.69) is 20.7 Å². The van der Waals surface area contributed by atoms with Crippen LogP contribution in [0.4, 0.5) is 5.69 Å². The van der Waals surface area contributed by atoms with Gasteiger partial charge in [-0.25, -0.2) is 0 Å². The van der Waals surface area contributed by atoms with E-state index in [0.717, 1.165) is 13.1 Å². The Labute approximate surface area is 152 Å². The van der Waals surface area contributed by atoms with Gasteiger partial charge in [0, 0.05) is 18.4 Å². The summed E-state index contributed by atoms with van der Waals surface area (Å²) in [6.07, 6.45) is 1.42. The molecule has 26 heavy (non-hydrogen) atoms. The molecule has 8 nitrogen and oxygen atoms in total. The zero-order valence-electron chi connectivity index (χ0n) is 15.1. The van der Waals surface area contributed by atoms with Gasteiger partial charge in [0.05, 0.1) is 19.1 Å². The van der Waals surface area contributed by atoms with E-state index in [1.54, 1.807) is 31.4 Å². The van der Waals surface area contributed by atoms with Crippen LogP contribution in [0.1, 0.15) is 23.2 Å². The predicted octanol–water partition coefficient (Wildman–Crippen LogP) is 0.544. The fourth-order valence-corrected chi connectivity index (χ4v) is 2.91. The summed E-state index contributed by atoms with van der Waals surface area (Å²) in [6.45, 7) is 1.72. The van der Waals surface area contributed by atoms with E-state index in [0.29, 0.717) is 30.7 Å². The largest absolute Gasteiger partial charge is 0.468 e. The van der Waals surface area contributed by atoms with Crippen molar-refractivity contribution >= 4 is 23.5 Å². The highest BCUT2D eigenvalue weighted by Crippen LogP contribution is 2.30. The highest BCUT2D eigenvalue weighted by Gasteiger charge is 2.39. The predicted molar refractivity (Wildman–Crippen MR) is 95.8 cm³/mol. The molecule has 3 N–H and O–H groups in total. The number of amides is 2. The SMILES string of the molecule is COCC1(C(=O)Nc2ccc(C(=O)NCC(=O)OC)cc2)CCNCC1. The van der Waals surface area contributed by atoms with Crippen LogP contribution >= 0.6 is 0 Å². The van der Waals surface area contributed by atoms with Gasteiger partial charge in [-0.05, 0) is 50.2 Å². The van der Waals surface area contributed by atoms with Gasteiger partial charge in [-0.2, -0.15) is 0 Å². The fourth-order valence-electron chi connectivity index (χ4n) is 2.91. The molecular formula is C18H25N3O5. The molecule has 1 saturated heterocycles. The zero-order valence-corrected chi connectivity index (χ0v) is 15.1. The van der Waals surface area contributed by atoms with Gasteiger partial charge < -0.3 is 25.4 Å². The summed E-state index contributed by atoms with van der Waals surface area (Å²) in [5, 5.41) is 8.62. The van der Waals surface area contributed by atoms with E-state index in [-0.39, 0.29) is 18.4 Å². The third kappa shape index (κ3) is 5.03. The molecule has 0 radical (unpaired) electrons. The number of ether oxygens (including phenoxy) is 2. The van der Waals surface area contributed by atoms with Crippen molar-refractivity contribution < 1.29 is 23.9 Å². The number of hydrogen-bond acceptors (Lipinski definition) is 6. The van der Waals surface area contributed by atoms with Crippen molar-refractivity contribution in [1.29, 1.82) is 0 Å². The molecule has 1 aromatic carbocycles. The molecular weight excluding hydrogens is 338 g/mol. The molecule has 0 saturated carbocycles. The van der Waals surface area contributed by atoms with E-state index in [9.17, 15) is 14.4 Å². The molecule has 0 bridgehead atoms. The van der Waals surface area contributed by atoms with Gasteiger partial charge in [-0.1, -0.05) is 0 Å². The first kappa shape index (κ1) is 19.9. The number of hydrogen-bond donors (Lipinski definition) is 3. The minimum Gasteiger partial charge on any atom is -0.468 e. The average Bonchev–Trinajstić information content (AvgIpc) is 2.67. The quantitative estimate of drug-likeness (QED) is 0.611. The number of carbonyl (C=O) groups excluding carboxylic acids is 3. The zero-order chi connectivity index (χ0) is 19.0. The van der Waals surface area contributed by atoms with Crippen molar-refractivity contribution in [2.24, 2.45) is 5.41 Å². The lowest BCUT2D eigenvalue weighted by atomic mass is 9.78. The van der Waals surface area contributed by atoms with Crippen molar-refractivity contribution in [2.75, 3.05) is 45.8 Å². The van der Waals surface area contributed by atoms with E-state index >= 15 is 0 Å². The van der Waals surface area contributed by atoms with E-state index in [1.165, 1.54) is 7.11 Å². The summed E-state index contributed by atoms with van der Waals surface area (Å²) < 4.78 is 9.74. The molecule has 1 fully saturated rings. The van der Waals surface area contributed by atoms with Crippen LogP contribution < -0.4 is 16.0 Å². The van der Waals surface area contributed by atoms with Crippen LogP contribution in [0.15, 0.2) is 24.3 Å². The van der Waals surface area contributed by atoms with Gasteiger partial charge in [0.2, 0.25) is 5.91 Å². The highest BCUT2D eigenvalue weighted by atomic mass is 16.5. The van der Waals surface area contributed by atoms with Gasteiger partial charge in [0.25, 0.3) is 5.91 Å². The lowest BCUT2D eigenvalue weighted by Gasteiger charge is -2.35. The number of carbonyl (C=O) groups is 3. The van der Waals surface area contributed by atoms with Crippen LogP contribution in [0.2, 0.25) is 0 Å². The number of piperidine rings is 1. The van der Waals surface area contributed by atoms with Crippen LogP contribution in [-0.4, -0.2) is 58.2 Å². The van der Waals surface area contributed by atoms with Gasteiger partial charge in [-0.3, -0.25) is 14.4 Å². The molecule has 0 atom stereocenters. The van der Waals surface area contributed by atoms with Crippen molar-refractivity contribution in [3.8, 4) is 0 Å². The van der Waals surface area contributed by atoms with Crippen LogP contribution in [0.5, 0.6) is 0 Å². The number of nitrogens with one attached hydrogen (secondary N) is 3. The summed E-state index contributed by atoms with van der Waals surface area (Å²) in [7, 11) is 2.85. The molecule has 142 valence electrons. The molecule has 2 amide bonds. The van der Waals surface area contributed by atoms with Crippen molar-refractivity contribution in [2.45, 2.75) is 12.8 Å². The average molecular weight is 363 g/mol. The van der Waals surface area contributed by atoms with Crippen LogP contribution in [-0.2, 0) is 19.1 Å². The van der Waals surface area contributed by atoms with E-state index in [4.69, 9.17) is 4.74 Å². The molecule has 1 aromatic rings. The minimum atomic E-state index is -0.545. The van der Waals surface area contributed by atoms with Gasteiger partial charge in [0.1, 0.15) is 6.54 Å². The number of benzene rings is 1. The Morgan fingerprint density at radius 3 is 2.35 bits per heavy atom. The molecule has 0 spiro atoms. The summed E-state index contributed by atoms with van der Waals surface area (Å²) in [6, 6.07) is 6.50. The molecule has 8 heteroatoms. The summed E-state index contributed by atoms with van der Waals surface area (Å²) in [4.78, 5) is 35.8. The van der Waals surface area contributed by atoms with Crippen LogP contribution in [0.3, 0.4) is 0 Å². The molecule has 0 aliphatic carbocycles. The van der Waals surface area contributed by atoms with Crippen molar-refractivity contribution in [3.63, 3.8) is 0 Å². The second kappa shape index (κ2) is 9.30. The highest BCUT2D eigenvalue weighted by molar-refractivity contribution is 5.98. The van der Waals surface area contributed by atoms with Gasteiger partial charge in [-0.15, -0.1) is 0 Å². The minimum absolute atomic E-state index is 0.0799. The summed E-state index contributed by atoms with van der Waals surface area (Å²) in [5.41, 5.74) is 0.449. The third-order valence-corrected chi connectivity index (χ3v) is 4.49. The van der Waals surface area contributed by atoms with Gasteiger partial charge in [0.15, 0.2) is 0 Å². The lowest BCUT2D eigenvalue weighted by Crippen LogP contribution is -2.47. The molecule has 2 rings (SSSR count). The third-order valence-electron chi connectivity index (χ3n) is 4.49. The Kier molecular flexibility index (Phi) is 7.11. The first-order valence-corrected chi connectivity index (χ1v) is 8.47. The maximum absolute atomic E-state index is 12.8. The lowest BCUT2D eigenvalue weighted by molar-refractivity contribution is -0.139. The molecule has 0 aromatic heterocycles. The van der Waals surface area contributed by atoms with Crippen LogP contribution in [0.25, 0.3) is 0 Å². The normalized spacial score (nSPS) is 15.8. The topological polar surface area (TPSA) is 106 Å². The van der Waals surface area contributed by atoms with Crippen molar-refractivity contribution in [3.05, 3.63) is 29.8 Å². The molecule has 0 unspecified atom stereocenters. The molecule has 1 heterocycles. The first-order chi connectivity index (χ1) is 12.5. The number of anilines is 1. The first-order valence-electron chi connectivity index (χ1n) is 8.47. The van der Waals surface area contributed by atoms with E-state index in [1.807, 2.05) is 0 Å². The smallest absolute Gasteiger partial charge is 0.325 e. The Morgan fingerprint density at radius 1 is 1.12 bits per heavy atom. The maximum Gasteiger partial charge on any atom is 0.325 e. The van der Waals surface area contributed by atoms with E-state index < -0.39 is 11.4 Å². The Morgan fingerprint density at radius 2 is 1.77 bits per heavy atom. The summed E-state index contributed by atoms with van der Waals surface area (Å²) >= 11 is 0. The van der Waals surface area contributed by atoms with Crippen LogP contribution in [0, 0.1) is 5.41 Å². The Hall–Kier alpha value is -2.45. The summed E-state index contributed by atoms with van der Waals surface area (Å²) in [5.74, 6) is -0.987. The fraction of sp³-hybridized carbons (Fsp3) is 0.500. The molecule has 1 aliphatic heterocycles. The standard InChI is InChI=1S/C18H25N3O5/c1-25-12-18(7-9-19-10-8-18)17(24)21-14-5-3-13(4-6-14)16(23)20-11-15(22)26-2/h3-6,19H,7-12H2,1-2H3,(H,20,23)(H,21,24). The van der Waals surface area contributed by atoms with Crippen molar-refractivity contribution in [1.82, 2.24) is 10.6 Å². The Balaban J connectivity index is 1.98. The second-order valence-corrected chi connectivity index (χ2v) is 6.25.